The summed E-state index contributed by atoms with van der Waals surface area (Å²) in [5, 5.41) is 4.40. The number of thiazole rings is 1. The number of benzene rings is 2. The van der Waals surface area contributed by atoms with Gasteiger partial charge in [-0.2, -0.15) is 9.50 Å². The molecule has 4 aromatic rings. The van der Waals surface area contributed by atoms with E-state index in [2.05, 4.69) is 10.1 Å². The average Bonchev–Trinajstić information content (AvgIpc) is 3.23. The molecule has 0 bridgehead atoms. The molecule has 6 nitrogen and oxygen atoms in total. The molecular weight excluding hydrogens is 374 g/mol. The molecular formula is C21H19N3O3S. The number of aryl methyl sites for hydroxylation is 1. The first-order valence-electron chi connectivity index (χ1n) is 8.88. The van der Waals surface area contributed by atoms with Gasteiger partial charge in [-0.25, -0.2) is 0 Å². The van der Waals surface area contributed by atoms with E-state index >= 15 is 0 Å². The number of rotatable bonds is 5. The van der Waals surface area contributed by atoms with Crippen molar-refractivity contribution in [2.45, 2.75) is 13.8 Å². The van der Waals surface area contributed by atoms with E-state index in [0.29, 0.717) is 33.4 Å². The Kier molecular flexibility index (Phi) is 4.83. The third kappa shape index (κ3) is 3.36. The Labute approximate surface area is 165 Å². The number of hydrogen-bond donors (Lipinski definition) is 0. The van der Waals surface area contributed by atoms with E-state index in [1.54, 1.807) is 7.11 Å². The van der Waals surface area contributed by atoms with Crippen LogP contribution in [0.15, 0.2) is 47.3 Å². The first-order chi connectivity index (χ1) is 13.6. The molecule has 0 aliphatic carbocycles. The van der Waals surface area contributed by atoms with Gasteiger partial charge in [0.15, 0.2) is 17.3 Å². The van der Waals surface area contributed by atoms with Gasteiger partial charge in [0.05, 0.1) is 18.2 Å². The zero-order chi connectivity index (χ0) is 19.7. The van der Waals surface area contributed by atoms with Crippen molar-refractivity contribution in [3.63, 3.8) is 0 Å². The van der Waals surface area contributed by atoms with Crippen molar-refractivity contribution < 1.29 is 9.47 Å². The van der Waals surface area contributed by atoms with Gasteiger partial charge < -0.3 is 9.47 Å². The van der Waals surface area contributed by atoms with Crippen LogP contribution in [-0.4, -0.2) is 28.3 Å². The zero-order valence-corrected chi connectivity index (χ0v) is 16.6. The lowest BCUT2D eigenvalue weighted by molar-refractivity contribution is 0.311. The second kappa shape index (κ2) is 7.44. The van der Waals surface area contributed by atoms with Crippen LogP contribution in [0.1, 0.15) is 18.1 Å². The van der Waals surface area contributed by atoms with Crippen molar-refractivity contribution >= 4 is 22.4 Å². The number of hydrogen-bond acceptors (Lipinski definition) is 6. The molecule has 142 valence electrons. The highest BCUT2D eigenvalue weighted by molar-refractivity contribution is 7.15. The predicted molar refractivity (Wildman–Crippen MR) is 110 cm³/mol. The molecule has 7 heteroatoms. The Morgan fingerprint density at radius 2 is 2.04 bits per heavy atom. The molecule has 0 amide bonds. The van der Waals surface area contributed by atoms with E-state index in [-0.39, 0.29) is 5.56 Å². The Bertz CT molecular complexity index is 1260. The Hall–Kier alpha value is -3.19. The summed E-state index contributed by atoms with van der Waals surface area (Å²) in [7, 11) is 1.59. The summed E-state index contributed by atoms with van der Waals surface area (Å²) in [6.07, 6.45) is 1.81. The van der Waals surface area contributed by atoms with E-state index in [4.69, 9.17) is 9.47 Å². The fourth-order valence-electron chi connectivity index (χ4n) is 2.94. The lowest BCUT2D eigenvalue weighted by Crippen LogP contribution is -2.23. The molecule has 0 aliphatic heterocycles. The maximum absolute atomic E-state index is 12.8. The van der Waals surface area contributed by atoms with E-state index in [1.165, 1.54) is 15.9 Å². The molecule has 0 fully saturated rings. The van der Waals surface area contributed by atoms with Crippen molar-refractivity contribution in [1.82, 2.24) is 14.6 Å². The Balaban J connectivity index is 1.75. The van der Waals surface area contributed by atoms with Crippen molar-refractivity contribution in [3.8, 4) is 22.9 Å². The lowest BCUT2D eigenvalue weighted by atomic mass is 10.1. The monoisotopic (exact) mass is 393 g/mol. The van der Waals surface area contributed by atoms with Crippen LogP contribution in [0.3, 0.4) is 0 Å². The minimum Gasteiger partial charge on any atom is -0.493 e. The Morgan fingerprint density at radius 3 is 2.75 bits per heavy atom. The Morgan fingerprint density at radius 1 is 1.18 bits per heavy atom. The highest BCUT2D eigenvalue weighted by atomic mass is 32.1. The first-order valence-corrected chi connectivity index (χ1v) is 9.70. The van der Waals surface area contributed by atoms with Gasteiger partial charge in [-0.3, -0.25) is 4.79 Å². The number of nitrogens with zero attached hydrogens (tertiary/aromatic N) is 3. The molecule has 0 saturated heterocycles. The van der Waals surface area contributed by atoms with Gasteiger partial charge in [0, 0.05) is 5.56 Å². The second-order valence-electron chi connectivity index (χ2n) is 6.26. The van der Waals surface area contributed by atoms with Crippen LogP contribution in [0.2, 0.25) is 0 Å². The van der Waals surface area contributed by atoms with Gasteiger partial charge in [0.1, 0.15) is 0 Å². The SMILES string of the molecule is CCOc1ccc(/C=c2/sc3nc(-c4cccc(C)c4)nn3c2=O)cc1OC. The molecule has 2 heterocycles. The van der Waals surface area contributed by atoms with Crippen LogP contribution < -0.4 is 19.6 Å². The van der Waals surface area contributed by atoms with Crippen molar-refractivity contribution in [2.24, 2.45) is 0 Å². The fraction of sp³-hybridized carbons (Fsp3) is 0.190. The highest BCUT2D eigenvalue weighted by Crippen LogP contribution is 2.28. The molecule has 0 aliphatic rings. The summed E-state index contributed by atoms with van der Waals surface area (Å²) in [6.45, 7) is 4.49. The van der Waals surface area contributed by atoms with E-state index in [9.17, 15) is 4.79 Å². The minimum absolute atomic E-state index is 0.181. The van der Waals surface area contributed by atoms with Crippen LogP contribution in [0.25, 0.3) is 22.4 Å². The molecule has 28 heavy (non-hydrogen) atoms. The predicted octanol–water partition coefficient (Wildman–Crippen LogP) is 3.08. The summed E-state index contributed by atoms with van der Waals surface area (Å²) < 4.78 is 12.8. The smallest absolute Gasteiger partial charge is 0.291 e. The van der Waals surface area contributed by atoms with Gasteiger partial charge >= 0.3 is 0 Å². The van der Waals surface area contributed by atoms with Crippen LogP contribution in [0, 0.1) is 6.92 Å². The zero-order valence-electron chi connectivity index (χ0n) is 15.8. The molecule has 0 unspecified atom stereocenters. The summed E-state index contributed by atoms with van der Waals surface area (Å²) in [5.41, 5.74) is 2.69. The van der Waals surface area contributed by atoms with Crippen molar-refractivity contribution in [2.75, 3.05) is 13.7 Å². The number of methoxy groups -OCH3 is 1. The fourth-order valence-corrected chi connectivity index (χ4v) is 3.85. The van der Waals surface area contributed by atoms with Crippen LogP contribution in [-0.2, 0) is 0 Å². The van der Waals surface area contributed by atoms with Gasteiger partial charge in [0.25, 0.3) is 5.56 Å². The maximum atomic E-state index is 12.8. The molecule has 4 rings (SSSR count). The first kappa shape index (κ1) is 18.2. The molecule has 0 atom stereocenters. The molecule has 2 aromatic carbocycles. The number of ether oxygens (including phenoxy) is 2. The summed E-state index contributed by atoms with van der Waals surface area (Å²) >= 11 is 1.32. The molecule has 0 N–H and O–H groups in total. The topological polar surface area (TPSA) is 65.7 Å². The lowest BCUT2D eigenvalue weighted by Gasteiger charge is -2.09. The van der Waals surface area contributed by atoms with Crippen LogP contribution in [0.4, 0.5) is 0 Å². The highest BCUT2D eigenvalue weighted by Gasteiger charge is 2.12. The van der Waals surface area contributed by atoms with Crippen molar-refractivity contribution in [3.05, 3.63) is 68.5 Å². The third-order valence-electron chi connectivity index (χ3n) is 4.24. The molecule has 0 radical (unpaired) electrons. The number of fused-ring (bicyclic) bond motifs is 1. The third-order valence-corrected chi connectivity index (χ3v) is 5.20. The van der Waals surface area contributed by atoms with Crippen LogP contribution >= 0.6 is 11.3 Å². The van der Waals surface area contributed by atoms with E-state index in [0.717, 1.165) is 16.7 Å². The van der Waals surface area contributed by atoms with E-state index < -0.39 is 0 Å². The van der Waals surface area contributed by atoms with Crippen molar-refractivity contribution in [1.29, 1.82) is 0 Å². The standard InChI is InChI=1S/C21H19N3O3S/c1-4-27-16-9-8-14(11-17(16)26-3)12-18-20(25)24-21(28-18)22-19(23-24)15-7-5-6-13(2)10-15/h5-12H,4H2,1-3H3/b18-12+. The maximum Gasteiger partial charge on any atom is 0.291 e. The van der Waals surface area contributed by atoms with Gasteiger partial charge in [0.2, 0.25) is 4.96 Å². The van der Waals surface area contributed by atoms with Gasteiger partial charge in [-0.05, 0) is 43.7 Å². The minimum atomic E-state index is -0.181. The average molecular weight is 393 g/mol. The summed E-state index contributed by atoms with van der Waals surface area (Å²) in [5.74, 6) is 1.86. The summed E-state index contributed by atoms with van der Waals surface area (Å²) in [4.78, 5) is 17.9. The summed E-state index contributed by atoms with van der Waals surface area (Å²) in [6, 6.07) is 13.5. The van der Waals surface area contributed by atoms with Crippen LogP contribution in [0.5, 0.6) is 11.5 Å². The molecule has 2 aromatic heterocycles. The van der Waals surface area contributed by atoms with E-state index in [1.807, 2.05) is 62.4 Å². The molecule has 0 spiro atoms. The quantitative estimate of drug-likeness (QED) is 0.521. The normalized spacial score (nSPS) is 11.9. The largest absolute Gasteiger partial charge is 0.493 e. The molecule has 0 saturated carbocycles. The van der Waals surface area contributed by atoms with Gasteiger partial charge in [-0.1, -0.05) is 41.2 Å². The van der Waals surface area contributed by atoms with Gasteiger partial charge in [-0.15, -0.1) is 5.10 Å². The number of aromatic nitrogens is 3. The second-order valence-corrected chi connectivity index (χ2v) is 7.27.